The van der Waals surface area contributed by atoms with Gasteiger partial charge in [-0.1, -0.05) is 13.3 Å². The zero-order chi connectivity index (χ0) is 15.2. The van der Waals surface area contributed by atoms with Gasteiger partial charge in [-0.15, -0.1) is 0 Å². The Hall–Kier alpha value is -0.810. The molecule has 20 heavy (non-hydrogen) atoms. The molecule has 1 amide bonds. The lowest BCUT2D eigenvalue weighted by atomic mass is 10.0. The van der Waals surface area contributed by atoms with E-state index in [4.69, 9.17) is 4.74 Å². The number of carbonyl (C=O) groups excluding carboxylic acids is 1. The fraction of sp³-hybridized carbons (Fsp3) is 0.933. The molecule has 0 bridgehead atoms. The molecule has 1 rings (SSSR count). The van der Waals surface area contributed by atoms with Crippen molar-refractivity contribution in [3.8, 4) is 0 Å². The molecule has 5 nitrogen and oxygen atoms in total. The van der Waals surface area contributed by atoms with Crippen LogP contribution < -0.4 is 10.6 Å². The van der Waals surface area contributed by atoms with Crippen LogP contribution in [0.15, 0.2) is 0 Å². The molecule has 1 aliphatic rings. The van der Waals surface area contributed by atoms with Gasteiger partial charge in [0.25, 0.3) is 0 Å². The topological polar surface area (TPSA) is 70.6 Å². The van der Waals surface area contributed by atoms with Gasteiger partial charge in [-0.05, 0) is 46.0 Å². The van der Waals surface area contributed by atoms with Crippen LogP contribution in [0, 0.1) is 5.92 Å². The van der Waals surface area contributed by atoms with E-state index in [1.807, 2.05) is 20.8 Å². The minimum atomic E-state index is -0.457. The third-order valence-electron chi connectivity index (χ3n) is 3.73. The molecule has 0 aliphatic heterocycles. The average molecular weight is 286 g/mol. The fourth-order valence-electron chi connectivity index (χ4n) is 2.63. The van der Waals surface area contributed by atoms with Crippen molar-refractivity contribution in [2.45, 2.75) is 71.1 Å². The summed E-state index contributed by atoms with van der Waals surface area (Å²) in [6.45, 7) is 8.45. The molecule has 1 aliphatic carbocycles. The van der Waals surface area contributed by atoms with Crippen molar-refractivity contribution < 1.29 is 14.6 Å². The Morgan fingerprint density at radius 3 is 2.65 bits per heavy atom. The number of carbonyl (C=O) groups is 1. The van der Waals surface area contributed by atoms with Gasteiger partial charge in [-0.3, -0.25) is 0 Å². The number of rotatable bonds is 6. The zero-order valence-electron chi connectivity index (χ0n) is 13.2. The molecule has 1 fully saturated rings. The number of amides is 1. The summed E-state index contributed by atoms with van der Waals surface area (Å²) in [5.41, 5.74) is -0.457. The lowest BCUT2D eigenvalue weighted by Crippen LogP contribution is -2.45. The van der Waals surface area contributed by atoms with E-state index in [0.29, 0.717) is 18.5 Å². The summed E-state index contributed by atoms with van der Waals surface area (Å²) in [7, 11) is 0. The largest absolute Gasteiger partial charge is 0.444 e. The highest BCUT2D eigenvalue weighted by Crippen LogP contribution is 2.25. The number of aliphatic hydroxyl groups is 1. The molecule has 118 valence electrons. The highest BCUT2D eigenvalue weighted by atomic mass is 16.6. The van der Waals surface area contributed by atoms with Crippen LogP contribution in [0.5, 0.6) is 0 Å². The Morgan fingerprint density at radius 2 is 2.10 bits per heavy atom. The molecule has 0 saturated heterocycles. The Kier molecular flexibility index (Phi) is 6.76. The lowest BCUT2D eigenvalue weighted by Gasteiger charge is -2.26. The minimum Gasteiger partial charge on any atom is -0.444 e. The number of ether oxygens (including phenoxy) is 1. The van der Waals surface area contributed by atoms with Gasteiger partial charge in [0, 0.05) is 18.6 Å². The van der Waals surface area contributed by atoms with E-state index < -0.39 is 5.60 Å². The van der Waals surface area contributed by atoms with Gasteiger partial charge in [-0.25, -0.2) is 4.79 Å². The average Bonchev–Trinajstić information content (AvgIpc) is 2.78. The summed E-state index contributed by atoms with van der Waals surface area (Å²) >= 11 is 0. The first-order valence-corrected chi connectivity index (χ1v) is 7.69. The molecular formula is C15H30N2O3. The molecule has 3 atom stereocenters. The van der Waals surface area contributed by atoms with Crippen molar-refractivity contribution in [3.63, 3.8) is 0 Å². The van der Waals surface area contributed by atoms with E-state index in [1.54, 1.807) is 0 Å². The van der Waals surface area contributed by atoms with E-state index in [9.17, 15) is 9.90 Å². The van der Waals surface area contributed by atoms with E-state index in [2.05, 4.69) is 17.6 Å². The molecule has 3 unspecified atom stereocenters. The Morgan fingerprint density at radius 1 is 1.40 bits per heavy atom. The molecule has 0 aromatic heterocycles. The molecule has 5 heteroatoms. The van der Waals surface area contributed by atoms with Gasteiger partial charge >= 0.3 is 6.09 Å². The van der Waals surface area contributed by atoms with E-state index in [-0.39, 0.29) is 18.7 Å². The van der Waals surface area contributed by atoms with Gasteiger partial charge < -0.3 is 20.5 Å². The van der Waals surface area contributed by atoms with Crippen molar-refractivity contribution in [2.24, 2.45) is 5.92 Å². The second-order valence-corrected chi connectivity index (χ2v) is 6.63. The molecule has 3 N–H and O–H groups in total. The third-order valence-corrected chi connectivity index (χ3v) is 3.73. The Bertz CT molecular complexity index is 298. The van der Waals surface area contributed by atoms with Crippen LogP contribution >= 0.6 is 0 Å². The molecule has 0 radical (unpaired) electrons. The molecule has 0 heterocycles. The number of hydrogen-bond acceptors (Lipinski definition) is 4. The summed E-state index contributed by atoms with van der Waals surface area (Å²) < 4.78 is 5.25. The maximum atomic E-state index is 11.7. The molecule has 1 saturated carbocycles. The number of hydrogen-bond donors (Lipinski definition) is 3. The first kappa shape index (κ1) is 17.2. The van der Waals surface area contributed by atoms with E-state index in [1.165, 1.54) is 6.42 Å². The quantitative estimate of drug-likeness (QED) is 0.699. The smallest absolute Gasteiger partial charge is 0.407 e. The zero-order valence-corrected chi connectivity index (χ0v) is 13.2. The number of alkyl carbamates (subject to hydrolysis) is 1. The Labute approximate surface area is 122 Å². The highest BCUT2D eigenvalue weighted by Gasteiger charge is 2.29. The first-order valence-electron chi connectivity index (χ1n) is 7.69. The van der Waals surface area contributed by atoms with Crippen LogP contribution in [-0.2, 0) is 4.74 Å². The van der Waals surface area contributed by atoms with Gasteiger partial charge in [0.2, 0.25) is 0 Å². The van der Waals surface area contributed by atoms with E-state index >= 15 is 0 Å². The van der Waals surface area contributed by atoms with Gasteiger partial charge in [0.05, 0.1) is 6.61 Å². The van der Waals surface area contributed by atoms with Crippen LogP contribution in [0.3, 0.4) is 0 Å². The molecule has 0 spiro atoms. The van der Waals surface area contributed by atoms with Crippen molar-refractivity contribution >= 4 is 6.09 Å². The first-order chi connectivity index (χ1) is 9.35. The second kappa shape index (κ2) is 7.84. The predicted octanol–water partition coefficient (Wildman–Crippen LogP) is 2.04. The van der Waals surface area contributed by atoms with Crippen LogP contribution in [0.4, 0.5) is 4.79 Å². The summed E-state index contributed by atoms with van der Waals surface area (Å²) in [4.78, 5) is 11.7. The number of nitrogens with one attached hydrogen (secondary N) is 2. The fourth-order valence-corrected chi connectivity index (χ4v) is 2.63. The maximum Gasteiger partial charge on any atom is 0.407 e. The molecule has 0 aromatic rings. The molecular weight excluding hydrogens is 256 g/mol. The maximum absolute atomic E-state index is 11.7. The van der Waals surface area contributed by atoms with Crippen molar-refractivity contribution in [3.05, 3.63) is 0 Å². The van der Waals surface area contributed by atoms with Crippen LogP contribution in [0.2, 0.25) is 0 Å². The van der Waals surface area contributed by atoms with Crippen LogP contribution in [-0.4, -0.2) is 42.0 Å². The van der Waals surface area contributed by atoms with Gasteiger partial charge in [-0.2, -0.15) is 0 Å². The van der Waals surface area contributed by atoms with Gasteiger partial charge in [0.1, 0.15) is 5.60 Å². The monoisotopic (exact) mass is 286 g/mol. The summed E-state index contributed by atoms with van der Waals surface area (Å²) in [6, 6.07) is 0.532. The highest BCUT2D eigenvalue weighted by molar-refractivity contribution is 5.67. The van der Waals surface area contributed by atoms with Crippen molar-refractivity contribution in [1.82, 2.24) is 10.6 Å². The third kappa shape index (κ3) is 6.09. The normalized spacial score (nSPS) is 24.4. The summed E-state index contributed by atoms with van der Waals surface area (Å²) in [5, 5.41) is 15.6. The number of aliphatic hydroxyl groups excluding tert-OH is 1. The minimum absolute atomic E-state index is 0.155. The molecule has 0 aromatic carbocycles. The lowest BCUT2D eigenvalue weighted by molar-refractivity contribution is 0.0516. The SMILES string of the molecule is CCC(CO)NC1CCCC1CNC(=O)OC(C)(C)C. The van der Waals surface area contributed by atoms with Crippen LogP contribution in [0.25, 0.3) is 0 Å². The van der Waals surface area contributed by atoms with Crippen LogP contribution in [0.1, 0.15) is 53.4 Å². The summed E-state index contributed by atoms with van der Waals surface area (Å²) in [5.74, 6) is 0.420. The second-order valence-electron chi connectivity index (χ2n) is 6.63. The Balaban J connectivity index is 2.36. The predicted molar refractivity (Wildman–Crippen MR) is 79.7 cm³/mol. The van der Waals surface area contributed by atoms with E-state index in [0.717, 1.165) is 19.3 Å². The van der Waals surface area contributed by atoms with Crippen molar-refractivity contribution in [1.29, 1.82) is 0 Å². The van der Waals surface area contributed by atoms with Gasteiger partial charge in [0.15, 0.2) is 0 Å². The standard InChI is InChI=1S/C15H30N2O3/c1-5-12(10-18)17-13-8-6-7-11(13)9-16-14(19)20-15(2,3)4/h11-13,17-18H,5-10H2,1-4H3,(H,16,19). The summed E-state index contributed by atoms with van der Waals surface area (Å²) in [6.07, 6.45) is 3.95. The van der Waals surface area contributed by atoms with Crippen molar-refractivity contribution in [2.75, 3.05) is 13.2 Å².